The molecule has 1 atom stereocenters. The summed E-state index contributed by atoms with van der Waals surface area (Å²) < 4.78 is 16.9. The first kappa shape index (κ1) is 20.2. The molecular formula is C25H30N2O4. The summed E-state index contributed by atoms with van der Waals surface area (Å²) in [6.07, 6.45) is 4.66. The highest BCUT2D eigenvalue weighted by Crippen LogP contribution is 2.36. The number of fused-ring (bicyclic) bond motifs is 2. The summed E-state index contributed by atoms with van der Waals surface area (Å²) in [5.41, 5.74) is 3.41. The molecule has 6 heteroatoms. The monoisotopic (exact) mass is 422 g/mol. The minimum atomic E-state index is -0.536. The van der Waals surface area contributed by atoms with E-state index < -0.39 is 6.10 Å². The van der Waals surface area contributed by atoms with Crippen molar-refractivity contribution in [2.75, 3.05) is 40.0 Å². The van der Waals surface area contributed by atoms with Gasteiger partial charge < -0.3 is 29.2 Å². The van der Waals surface area contributed by atoms with Crippen molar-refractivity contribution < 1.29 is 19.3 Å². The van der Waals surface area contributed by atoms with Crippen molar-refractivity contribution in [3.8, 4) is 17.2 Å². The number of β-amino-alcohol motifs (C(OH)–C–C–N with tert-alkyl or cyclic N) is 1. The van der Waals surface area contributed by atoms with Crippen molar-refractivity contribution in [3.05, 3.63) is 53.7 Å². The highest BCUT2D eigenvalue weighted by atomic mass is 16.5. The van der Waals surface area contributed by atoms with Crippen LogP contribution in [-0.4, -0.2) is 54.9 Å². The molecular weight excluding hydrogens is 392 g/mol. The molecule has 2 aliphatic heterocycles. The standard InChI is InChI=1S/C25H30N2O4/c1-29-19-4-5-22-20(14-19)21(15-26-22)17-7-9-27(10-8-17)16-23(28)18-3-6-24-25(13-18)31-12-2-11-30-24/h3-6,13-15,17,23,26,28H,2,7-12,16H2,1H3. The normalized spacial score (nSPS) is 18.6. The molecule has 2 aromatic carbocycles. The number of likely N-dealkylation sites (tertiary alicyclic amines) is 1. The summed E-state index contributed by atoms with van der Waals surface area (Å²) in [5, 5.41) is 12.1. The van der Waals surface area contributed by atoms with Crippen LogP contribution in [0.4, 0.5) is 0 Å². The van der Waals surface area contributed by atoms with E-state index in [1.54, 1.807) is 7.11 Å². The first-order valence-electron chi connectivity index (χ1n) is 11.2. The maximum atomic E-state index is 10.8. The minimum Gasteiger partial charge on any atom is -0.497 e. The van der Waals surface area contributed by atoms with Crippen molar-refractivity contribution in [1.82, 2.24) is 9.88 Å². The van der Waals surface area contributed by atoms with Crippen LogP contribution in [-0.2, 0) is 0 Å². The lowest BCUT2D eigenvalue weighted by Gasteiger charge is -2.33. The highest BCUT2D eigenvalue weighted by Gasteiger charge is 2.25. The molecule has 2 N–H and O–H groups in total. The van der Waals surface area contributed by atoms with Crippen LogP contribution in [0, 0.1) is 0 Å². The summed E-state index contributed by atoms with van der Waals surface area (Å²) in [6.45, 7) is 3.91. The molecule has 6 nitrogen and oxygen atoms in total. The van der Waals surface area contributed by atoms with E-state index in [1.165, 1.54) is 10.9 Å². The van der Waals surface area contributed by atoms with Crippen LogP contribution in [0.5, 0.6) is 17.2 Å². The van der Waals surface area contributed by atoms with Crippen LogP contribution in [0.2, 0.25) is 0 Å². The zero-order chi connectivity index (χ0) is 21.2. The van der Waals surface area contributed by atoms with Gasteiger partial charge in [0.25, 0.3) is 0 Å². The average molecular weight is 423 g/mol. The Bertz CT molecular complexity index is 1040. The number of aromatic nitrogens is 1. The van der Waals surface area contributed by atoms with E-state index >= 15 is 0 Å². The van der Waals surface area contributed by atoms with Crippen LogP contribution in [0.15, 0.2) is 42.6 Å². The third kappa shape index (κ3) is 4.23. The number of benzene rings is 2. The molecule has 31 heavy (non-hydrogen) atoms. The Balaban J connectivity index is 1.22. The quantitative estimate of drug-likeness (QED) is 0.643. The van der Waals surface area contributed by atoms with Crippen LogP contribution < -0.4 is 14.2 Å². The van der Waals surface area contributed by atoms with Gasteiger partial charge in [0.15, 0.2) is 11.5 Å². The number of rotatable bonds is 5. The van der Waals surface area contributed by atoms with E-state index in [1.807, 2.05) is 24.3 Å². The summed E-state index contributed by atoms with van der Waals surface area (Å²) in [6, 6.07) is 12.0. The van der Waals surface area contributed by atoms with Gasteiger partial charge in [-0.2, -0.15) is 0 Å². The lowest BCUT2D eigenvalue weighted by Crippen LogP contribution is -2.36. The smallest absolute Gasteiger partial charge is 0.161 e. The maximum absolute atomic E-state index is 10.8. The van der Waals surface area contributed by atoms with Gasteiger partial charge in [-0.25, -0.2) is 0 Å². The minimum absolute atomic E-state index is 0.521. The van der Waals surface area contributed by atoms with Crippen molar-refractivity contribution in [3.63, 3.8) is 0 Å². The number of aromatic amines is 1. The molecule has 164 valence electrons. The molecule has 0 saturated carbocycles. The number of hydrogen-bond donors (Lipinski definition) is 2. The van der Waals surface area contributed by atoms with E-state index in [2.05, 4.69) is 28.2 Å². The molecule has 3 heterocycles. The van der Waals surface area contributed by atoms with Crippen LogP contribution in [0.25, 0.3) is 10.9 Å². The highest BCUT2D eigenvalue weighted by molar-refractivity contribution is 5.85. The van der Waals surface area contributed by atoms with Crippen LogP contribution in [0.1, 0.15) is 42.4 Å². The number of hydrogen-bond acceptors (Lipinski definition) is 5. The van der Waals surface area contributed by atoms with Gasteiger partial charge in [-0.1, -0.05) is 6.07 Å². The Morgan fingerprint density at radius 1 is 1.10 bits per heavy atom. The summed E-state index contributed by atoms with van der Waals surface area (Å²) in [5.74, 6) is 2.92. The fourth-order valence-electron chi connectivity index (χ4n) is 4.75. The second-order valence-electron chi connectivity index (χ2n) is 8.50. The van der Waals surface area contributed by atoms with Gasteiger partial charge in [-0.05, 0) is 73.3 Å². The Labute approximate surface area is 182 Å². The molecule has 0 aliphatic carbocycles. The van der Waals surface area contributed by atoms with Gasteiger partial charge in [0.05, 0.1) is 26.4 Å². The molecule has 5 rings (SSSR count). The SMILES string of the molecule is COc1ccc2[nH]cc(C3CCN(CC(O)c4ccc5c(c4)OCCCO5)CC3)c2c1. The van der Waals surface area contributed by atoms with Crippen molar-refractivity contribution in [2.24, 2.45) is 0 Å². The molecule has 0 spiro atoms. The maximum Gasteiger partial charge on any atom is 0.161 e. The fraction of sp³-hybridized carbons (Fsp3) is 0.440. The molecule has 0 bridgehead atoms. The Hall–Kier alpha value is -2.70. The molecule has 3 aromatic rings. The van der Waals surface area contributed by atoms with E-state index in [0.29, 0.717) is 25.7 Å². The number of nitrogens with one attached hydrogen (secondary N) is 1. The molecule has 1 unspecified atom stereocenters. The molecule has 1 fully saturated rings. The first-order chi connectivity index (χ1) is 15.2. The number of methoxy groups -OCH3 is 1. The van der Waals surface area contributed by atoms with E-state index in [9.17, 15) is 5.11 Å². The Morgan fingerprint density at radius 3 is 2.71 bits per heavy atom. The number of aliphatic hydroxyl groups excluding tert-OH is 1. The molecule has 2 aliphatic rings. The van der Waals surface area contributed by atoms with Crippen molar-refractivity contribution in [1.29, 1.82) is 0 Å². The Morgan fingerprint density at radius 2 is 1.90 bits per heavy atom. The van der Waals surface area contributed by atoms with Crippen LogP contribution >= 0.6 is 0 Å². The van der Waals surface area contributed by atoms with Crippen molar-refractivity contribution >= 4 is 10.9 Å². The van der Waals surface area contributed by atoms with E-state index in [-0.39, 0.29) is 0 Å². The van der Waals surface area contributed by atoms with Gasteiger partial charge in [-0.3, -0.25) is 0 Å². The summed E-state index contributed by atoms with van der Waals surface area (Å²) in [4.78, 5) is 5.76. The van der Waals surface area contributed by atoms with Crippen LogP contribution in [0.3, 0.4) is 0 Å². The van der Waals surface area contributed by atoms with Gasteiger partial charge in [-0.15, -0.1) is 0 Å². The molecule has 1 saturated heterocycles. The number of H-pyrrole nitrogens is 1. The van der Waals surface area contributed by atoms with E-state index in [4.69, 9.17) is 14.2 Å². The lowest BCUT2D eigenvalue weighted by molar-refractivity contribution is 0.0971. The zero-order valence-electron chi connectivity index (χ0n) is 18.0. The van der Waals surface area contributed by atoms with Gasteiger partial charge in [0.1, 0.15) is 5.75 Å². The number of aliphatic hydroxyl groups is 1. The van der Waals surface area contributed by atoms with Gasteiger partial charge >= 0.3 is 0 Å². The first-order valence-corrected chi connectivity index (χ1v) is 11.2. The molecule has 0 amide bonds. The summed E-state index contributed by atoms with van der Waals surface area (Å²) in [7, 11) is 1.71. The predicted octanol–water partition coefficient (Wildman–Crippen LogP) is 4.25. The predicted molar refractivity (Wildman–Crippen MR) is 120 cm³/mol. The number of nitrogens with zero attached hydrogens (tertiary/aromatic N) is 1. The molecule has 1 aromatic heterocycles. The number of ether oxygens (including phenoxy) is 3. The largest absolute Gasteiger partial charge is 0.497 e. The van der Waals surface area contributed by atoms with Gasteiger partial charge in [0.2, 0.25) is 0 Å². The lowest BCUT2D eigenvalue weighted by atomic mass is 9.89. The van der Waals surface area contributed by atoms with Crippen molar-refractivity contribution in [2.45, 2.75) is 31.3 Å². The van der Waals surface area contributed by atoms with E-state index in [0.717, 1.165) is 60.7 Å². The third-order valence-corrected chi connectivity index (χ3v) is 6.54. The third-order valence-electron chi connectivity index (χ3n) is 6.54. The topological polar surface area (TPSA) is 67.0 Å². The van der Waals surface area contributed by atoms with Gasteiger partial charge in [0, 0.05) is 30.1 Å². The molecule has 0 radical (unpaired) electrons. The summed E-state index contributed by atoms with van der Waals surface area (Å²) >= 11 is 0. The zero-order valence-corrected chi connectivity index (χ0v) is 18.0. The second-order valence-corrected chi connectivity index (χ2v) is 8.50. The second kappa shape index (κ2) is 8.81. The fourth-order valence-corrected chi connectivity index (χ4v) is 4.75. The number of piperidine rings is 1. The Kier molecular flexibility index (Phi) is 5.74. The average Bonchev–Trinajstić information content (AvgIpc) is 3.08.